The lowest BCUT2D eigenvalue weighted by Crippen LogP contribution is -2.43. The van der Waals surface area contributed by atoms with E-state index in [0.29, 0.717) is 30.4 Å². The predicted molar refractivity (Wildman–Crippen MR) is 117 cm³/mol. The highest BCUT2D eigenvalue weighted by molar-refractivity contribution is 5.79. The Hall–Kier alpha value is -3.01. The van der Waals surface area contributed by atoms with Gasteiger partial charge in [0.1, 0.15) is 11.6 Å². The molecule has 2 aliphatic rings. The SMILES string of the molecule is FC1(F)CCC(Nc2cc3nc(Nc4ccc(N5CCNCC5)cn4)[nH]c3cn2)CC1. The zero-order valence-corrected chi connectivity index (χ0v) is 17.2. The number of imidazole rings is 1. The summed E-state index contributed by atoms with van der Waals surface area (Å²) in [5.74, 6) is -0.601. The van der Waals surface area contributed by atoms with Crippen LogP contribution in [0, 0.1) is 0 Å². The first-order valence-electron chi connectivity index (χ1n) is 10.7. The average molecular weight is 428 g/mol. The zero-order chi connectivity index (χ0) is 21.3. The first kappa shape index (κ1) is 19.9. The molecular weight excluding hydrogens is 402 g/mol. The topological polar surface area (TPSA) is 93.8 Å². The third-order valence-electron chi connectivity index (χ3n) is 5.91. The van der Waals surface area contributed by atoms with Crippen LogP contribution >= 0.6 is 0 Å². The summed E-state index contributed by atoms with van der Waals surface area (Å²) in [5, 5.41) is 9.80. The number of halogens is 2. The molecule has 0 spiro atoms. The molecule has 5 rings (SSSR count). The summed E-state index contributed by atoms with van der Waals surface area (Å²) in [6.07, 6.45) is 4.29. The average Bonchev–Trinajstić information content (AvgIpc) is 3.18. The molecule has 3 aromatic heterocycles. The summed E-state index contributed by atoms with van der Waals surface area (Å²) >= 11 is 0. The lowest BCUT2D eigenvalue weighted by Gasteiger charge is -2.29. The minimum absolute atomic E-state index is 0.0134. The Morgan fingerprint density at radius 2 is 1.81 bits per heavy atom. The van der Waals surface area contributed by atoms with Crippen LogP contribution < -0.4 is 20.9 Å². The monoisotopic (exact) mass is 428 g/mol. The van der Waals surface area contributed by atoms with Crippen molar-refractivity contribution in [3.63, 3.8) is 0 Å². The second kappa shape index (κ2) is 8.26. The van der Waals surface area contributed by atoms with E-state index in [1.54, 1.807) is 6.20 Å². The molecule has 10 heteroatoms. The molecule has 4 N–H and O–H groups in total. The number of aromatic nitrogens is 4. The molecule has 4 heterocycles. The molecular formula is C21H26F2N8. The maximum Gasteiger partial charge on any atom is 0.248 e. The van der Waals surface area contributed by atoms with Gasteiger partial charge >= 0.3 is 0 Å². The number of fused-ring (bicyclic) bond motifs is 1. The number of aromatic amines is 1. The van der Waals surface area contributed by atoms with Crippen LogP contribution in [0.4, 0.5) is 32.1 Å². The highest BCUT2D eigenvalue weighted by Crippen LogP contribution is 2.34. The Morgan fingerprint density at radius 3 is 2.55 bits per heavy atom. The van der Waals surface area contributed by atoms with Gasteiger partial charge in [-0.05, 0) is 25.0 Å². The van der Waals surface area contributed by atoms with Crippen LogP contribution in [-0.2, 0) is 0 Å². The zero-order valence-electron chi connectivity index (χ0n) is 17.2. The molecule has 0 bridgehead atoms. The molecule has 1 aliphatic carbocycles. The molecule has 0 amide bonds. The van der Waals surface area contributed by atoms with E-state index in [1.807, 2.05) is 18.3 Å². The van der Waals surface area contributed by atoms with Crippen molar-refractivity contribution in [3.8, 4) is 0 Å². The second-order valence-electron chi connectivity index (χ2n) is 8.21. The lowest BCUT2D eigenvalue weighted by molar-refractivity contribution is -0.0361. The number of nitrogens with zero attached hydrogens (tertiary/aromatic N) is 4. The number of nitrogens with one attached hydrogen (secondary N) is 4. The number of piperazine rings is 1. The molecule has 0 aromatic carbocycles. The summed E-state index contributed by atoms with van der Waals surface area (Å²) in [5.41, 5.74) is 2.65. The normalized spacial score (nSPS) is 19.5. The van der Waals surface area contributed by atoms with Gasteiger partial charge in [0.2, 0.25) is 11.9 Å². The van der Waals surface area contributed by atoms with E-state index in [9.17, 15) is 8.78 Å². The second-order valence-corrected chi connectivity index (χ2v) is 8.21. The van der Waals surface area contributed by atoms with Gasteiger partial charge in [-0.1, -0.05) is 0 Å². The number of H-pyrrole nitrogens is 1. The minimum atomic E-state index is -2.53. The standard InChI is InChI=1S/C21H26F2N8/c22-21(23)5-3-14(4-6-21)27-19-11-16-17(13-26-19)29-20(28-16)30-18-2-1-15(12-25-18)31-9-7-24-8-10-31/h1-2,11-14,24H,3-10H2,(H,26,27)(H2,25,28,29,30). The Labute approximate surface area is 178 Å². The Morgan fingerprint density at radius 1 is 1.03 bits per heavy atom. The van der Waals surface area contributed by atoms with E-state index in [1.165, 1.54) is 0 Å². The maximum atomic E-state index is 13.3. The van der Waals surface area contributed by atoms with E-state index < -0.39 is 5.92 Å². The molecule has 0 unspecified atom stereocenters. The quantitative estimate of drug-likeness (QED) is 0.494. The summed E-state index contributed by atoms with van der Waals surface area (Å²) in [6, 6.07) is 5.85. The molecule has 164 valence electrons. The Balaban J connectivity index is 1.24. The number of rotatable bonds is 5. The Kier molecular flexibility index (Phi) is 5.31. The third kappa shape index (κ3) is 4.68. The van der Waals surface area contributed by atoms with E-state index in [0.717, 1.165) is 42.9 Å². The van der Waals surface area contributed by atoms with Crippen molar-refractivity contribution in [2.24, 2.45) is 0 Å². The van der Waals surface area contributed by atoms with Crippen LogP contribution in [0.15, 0.2) is 30.6 Å². The summed E-state index contributed by atoms with van der Waals surface area (Å²) in [6.45, 7) is 3.92. The highest BCUT2D eigenvalue weighted by atomic mass is 19.3. The van der Waals surface area contributed by atoms with Crippen LogP contribution in [0.2, 0.25) is 0 Å². The fraction of sp³-hybridized carbons (Fsp3) is 0.476. The number of hydrogen-bond donors (Lipinski definition) is 4. The Bertz CT molecular complexity index is 1020. The molecule has 1 saturated heterocycles. The van der Waals surface area contributed by atoms with Crippen LogP contribution in [0.1, 0.15) is 25.7 Å². The number of hydrogen-bond acceptors (Lipinski definition) is 7. The highest BCUT2D eigenvalue weighted by Gasteiger charge is 2.34. The van der Waals surface area contributed by atoms with Crippen molar-refractivity contribution in [2.75, 3.05) is 41.7 Å². The third-order valence-corrected chi connectivity index (χ3v) is 5.91. The summed E-state index contributed by atoms with van der Waals surface area (Å²) in [4.78, 5) is 19.0. The number of alkyl halides is 2. The van der Waals surface area contributed by atoms with Gasteiger partial charge in [0.25, 0.3) is 0 Å². The predicted octanol–water partition coefficient (Wildman–Crippen LogP) is 3.50. The van der Waals surface area contributed by atoms with Gasteiger partial charge in [0.15, 0.2) is 0 Å². The van der Waals surface area contributed by atoms with E-state index in [4.69, 9.17) is 0 Å². The number of anilines is 4. The smallest absolute Gasteiger partial charge is 0.248 e. The van der Waals surface area contributed by atoms with Crippen molar-refractivity contribution in [2.45, 2.75) is 37.6 Å². The first-order valence-corrected chi connectivity index (χ1v) is 10.7. The van der Waals surface area contributed by atoms with Crippen LogP contribution in [0.5, 0.6) is 0 Å². The van der Waals surface area contributed by atoms with Crippen LogP contribution in [0.25, 0.3) is 11.0 Å². The summed E-state index contributed by atoms with van der Waals surface area (Å²) in [7, 11) is 0. The van der Waals surface area contributed by atoms with Crippen molar-refractivity contribution in [1.29, 1.82) is 0 Å². The molecule has 1 saturated carbocycles. The van der Waals surface area contributed by atoms with E-state index in [-0.39, 0.29) is 18.9 Å². The van der Waals surface area contributed by atoms with Crippen molar-refractivity contribution >= 4 is 34.3 Å². The molecule has 31 heavy (non-hydrogen) atoms. The first-order chi connectivity index (χ1) is 15.0. The number of pyridine rings is 2. The molecule has 1 aliphatic heterocycles. The van der Waals surface area contributed by atoms with Crippen LogP contribution in [-0.4, -0.2) is 58.1 Å². The van der Waals surface area contributed by atoms with Crippen LogP contribution in [0.3, 0.4) is 0 Å². The van der Waals surface area contributed by atoms with Gasteiger partial charge in [0, 0.05) is 51.1 Å². The molecule has 8 nitrogen and oxygen atoms in total. The van der Waals surface area contributed by atoms with Gasteiger partial charge in [-0.2, -0.15) is 0 Å². The van der Waals surface area contributed by atoms with Gasteiger partial charge in [0.05, 0.1) is 29.1 Å². The van der Waals surface area contributed by atoms with Gasteiger partial charge in [-0.3, -0.25) is 0 Å². The van der Waals surface area contributed by atoms with Gasteiger partial charge in [-0.15, -0.1) is 0 Å². The van der Waals surface area contributed by atoms with E-state index >= 15 is 0 Å². The fourth-order valence-electron chi connectivity index (χ4n) is 4.13. The lowest BCUT2D eigenvalue weighted by atomic mass is 9.92. The largest absolute Gasteiger partial charge is 0.368 e. The molecule has 0 radical (unpaired) electrons. The van der Waals surface area contributed by atoms with E-state index in [2.05, 4.69) is 46.9 Å². The molecule has 2 fully saturated rings. The van der Waals surface area contributed by atoms with Gasteiger partial charge in [-0.25, -0.2) is 23.7 Å². The fourth-order valence-corrected chi connectivity index (χ4v) is 4.13. The summed E-state index contributed by atoms with van der Waals surface area (Å²) < 4.78 is 26.7. The van der Waals surface area contributed by atoms with Gasteiger partial charge < -0.3 is 25.8 Å². The van der Waals surface area contributed by atoms with Crippen molar-refractivity contribution in [1.82, 2.24) is 25.3 Å². The molecule has 0 atom stereocenters. The van der Waals surface area contributed by atoms with Crippen molar-refractivity contribution in [3.05, 3.63) is 30.6 Å². The maximum absolute atomic E-state index is 13.3. The minimum Gasteiger partial charge on any atom is -0.368 e. The van der Waals surface area contributed by atoms with Crippen molar-refractivity contribution < 1.29 is 8.78 Å². The molecule has 3 aromatic rings.